The molecule has 0 radical (unpaired) electrons. The summed E-state index contributed by atoms with van der Waals surface area (Å²) in [5.41, 5.74) is 32.4. The number of nitrogens with zero attached hydrogens (tertiary/aromatic N) is 4. The Morgan fingerprint density at radius 1 is 0.210 bits per heavy atom. The van der Waals surface area contributed by atoms with Crippen molar-refractivity contribution in [2.24, 2.45) is 0 Å². The van der Waals surface area contributed by atoms with E-state index in [2.05, 4.69) is 450 Å². The maximum atomic E-state index is 2.76. The highest BCUT2D eigenvalue weighted by atomic mass is 15.2. The van der Waals surface area contributed by atoms with Crippen molar-refractivity contribution in [3.63, 3.8) is 0 Å². The third-order valence-corrected chi connectivity index (χ3v) is 26.2. The van der Waals surface area contributed by atoms with Gasteiger partial charge in [0.1, 0.15) is 0 Å². The molecular weight excluding hydrogens is 1440 g/mol. The van der Waals surface area contributed by atoms with Crippen LogP contribution in [0.3, 0.4) is 0 Å². The average molecular weight is 1540 g/mol. The molecule has 21 rings (SSSR count). The fourth-order valence-corrected chi connectivity index (χ4v) is 19.7. The summed E-state index contributed by atoms with van der Waals surface area (Å²) in [7, 11) is 0. The first-order chi connectivity index (χ1) is 57.2. The summed E-state index contributed by atoms with van der Waals surface area (Å²) in [6, 6.07) is 127. The van der Waals surface area contributed by atoms with Crippen molar-refractivity contribution in [1.29, 1.82) is 0 Å². The van der Waals surface area contributed by atoms with E-state index in [0.717, 1.165) is 90.0 Å². The van der Waals surface area contributed by atoms with Gasteiger partial charge in [-0.2, -0.15) is 0 Å². The summed E-state index contributed by atoms with van der Waals surface area (Å²) < 4.78 is 5.15. The summed E-state index contributed by atoms with van der Waals surface area (Å²) >= 11 is 0. The summed E-state index contributed by atoms with van der Waals surface area (Å²) in [5.74, 6) is 0. The molecule has 19 aromatic rings. The first-order valence-electron chi connectivity index (χ1n) is 42.6. The zero-order chi connectivity index (χ0) is 81.7. The molecule has 0 unspecified atom stereocenters. The predicted octanol–water partition coefficient (Wildman–Crippen LogP) is 29.7. The Bertz CT molecular complexity index is 7100. The number of hydrogen-bond acceptors (Lipinski definition) is 2. The highest BCUT2D eigenvalue weighted by Crippen LogP contribution is 2.56. The van der Waals surface area contributed by atoms with Crippen molar-refractivity contribution in [2.45, 2.75) is 131 Å². The van der Waals surface area contributed by atoms with E-state index < -0.39 is 0 Å². The quantitative estimate of drug-likeness (QED) is 0.111. The number of benzene rings is 17. The smallest absolute Gasteiger partial charge is 0.252 e. The fraction of sp³-hybridized carbons (Fsp3) is 0.175. The van der Waals surface area contributed by atoms with Crippen LogP contribution in [0, 0.1) is 0 Å². The number of hydrogen-bond donors (Lipinski definition) is 0. The lowest BCUT2D eigenvalue weighted by Crippen LogP contribution is -2.61. The minimum atomic E-state index is -0.365. The van der Waals surface area contributed by atoms with Gasteiger partial charge in [-0.3, -0.25) is 0 Å². The maximum Gasteiger partial charge on any atom is 0.252 e. The van der Waals surface area contributed by atoms with Crippen LogP contribution >= 0.6 is 0 Å². The molecule has 0 saturated heterocycles. The number of rotatable bonds is 8. The average Bonchev–Trinajstić information content (AvgIpc) is 0.867. The summed E-state index contributed by atoms with van der Waals surface area (Å²) in [6.07, 6.45) is 0. The van der Waals surface area contributed by atoms with Crippen LogP contribution in [0.5, 0.6) is 0 Å². The SMILES string of the molecule is CC(C)(C)c1cc2c3c(c1)N(c1c(-c4ccc5c(ccc6ccccc65)c4)cccc1-c1ccc4c(ccc5ccccc54)c1)c1cc(-n4c5ccc(C(C)(C)C)cc5c5cc(C(C)(C)C)ccc54)ccc1B3c1ccc(-n3c4ccc(C(C)(C)C)cc4c4cc(C(C)(C)C)ccc43)cc1N2c1c(-c2ccccc2)cccc1-c1ccccc1. The minimum Gasteiger partial charge on any atom is -0.310 e. The van der Waals surface area contributed by atoms with Crippen LogP contribution in [0.4, 0.5) is 34.1 Å². The topological polar surface area (TPSA) is 16.3 Å². The number of para-hydroxylation sites is 2. The number of fused-ring (bicyclic) bond motifs is 16. The van der Waals surface area contributed by atoms with E-state index in [4.69, 9.17) is 0 Å². The lowest BCUT2D eigenvalue weighted by molar-refractivity contribution is 0.590. The molecule has 0 fully saturated rings. The molecule has 578 valence electrons. The zero-order valence-electron chi connectivity index (χ0n) is 71.0. The van der Waals surface area contributed by atoms with Gasteiger partial charge in [-0.05, 0) is 234 Å². The van der Waals surface area contributed by atoms with Crippen LogP contribution in [0.1, 0.15) is 132 Å². The Kier molecular flexibility index (Phi) is 16.6. The lowest BCUT2D eigenvalue weighted by atomic mass is 9.33. The molecule has 0 saturated carbocycles. The van der Waals surface area contributed by atoms with Crippen molar-refractivity contribution in [3.8, 4) is 55.9 Å². The van der Waals surface area contributed by atoms with Crippen molar-refractivity contribution < 1.29 is 0 Å². The van der Waals surface area contributed by atoms with Gasteiger partial charge in [0, 0.05) is 77.9 Å². The second-order valence-electron chi connectivity index (χ2n) is 38.9. The van der Waals surface area contributed by atoms with Crippen molar-refractivity contribution in [2.75, 3.05) is 9.80 Å². The standard InChI is InChI=1S/C114H99BN4/c1-110(2,3)78-46-56-99-93(62-78)94-63-79(111(4,5)6)47-57-100(94)116(99)83-50-54-97-103(68-83)118(108-89(70-28-18-16-19-29-70)36-26-37-90(108)71-30-20-17-21-31-71)105-66-82(114(13,14)15)67-106-107(105)115(97)98-55-51-84(117-101-58-48-80(112(7,8)9)64-95(101)96-65-81(113(10,11)12)49-59-102(96)117)69-104(98)119(106)109-91(76-44-52-87-74(60-76)42-40-72-32-22-24-34-85(72)87)38-27-39-92(109)77-45-53-88-75(61-77)43-41-73-33-23-25-35-86(73)88/h16-69H,1-15H3. The molecule has 119 heavy (non-hydrogen) atoms. The highest BCUT2D eigenvalue weighted by Gasteiger charge is 2.47. The molecule has 0 spiro atoms. The van der Waals surface area contributed by atoms with E-state index in [-0.39, 0.29) is 33.8 Å². The Morgan fingerprint density at radius 3 is 0.882 bits per heavy atom. The number of anilines is 6. The summed E-state index contributed by atoms with van der Waals surface area (Å²) in [4.78, 5) is 5.50. The fourth-order valence-electron chi connectivity index (χ4n) is 19.7. The van der Waals surface area contributed by atoms with Crippen molar-refractivity contribution in [1.82, 2.24) is 9.13 Å². The van der Waals surface area contributed by atoms with Crippen molar-refractivity contribution >= 4 is 144 Å². The van der Waals surface area contributed by atoms with Crippen LogP contribution < -0.4 is 26.2 Å². The second-order valence-corrected chi connectivity index (χ2v) is 38.9. The van der Waals surface area contributed by atoms with Gasteiger partial charge in [-0.1, -0.05) is 334 Å². The normalized spacial score (nSPS) is 13.3. The first kappa shape index (κ1) is 73.7. The Morgan fingerprint density at radius 2 is 0.529 bits per heavy atom. The minimum absolute atomic E-state index is 0.0678. The van der Waals surface area contributed by atoms with Crippen LogP contribution in [0.15, 0.2) is 328 Å². The monoisotopic (exact) mass is 1530 g/mol. The molecule has 0 bridgehead atoms. The third-order valence-electron chi connectivity index (χ3n) is 26.2. The van der Waals surface area contributed by atoms with Gasteiger partial charge < -0.3 is 18.9 Å². The first-order valence-corrected chi connectivity index (χ1v) is 42.6. The van der Waals surface area contributed by atoms with Crippen LogP contribution in [-0.4, -0.2) is 15.8 Å². The highest BCUT2D eigenvalue weighted by molar-refractivity contribution is 7.00. The van der Waals surface area contributed by atoms with E-state index >= 15 is 0 Å². The molecule has 4 nitrogen and oxygen atoms in total. The van der Waals surface area contributed by atoms with E-state index in [1.54, 1.807) is 0 Å². The number of aromatic nitrogens is 2. The van der Waals surface area contributed by atoms with E-state index in [9.17, 15) is 0 Å². The molecular formula is C114H99BN4. The van der Waals surface area contributed by atoms with Gasteiger partial charge >= 0.3 is 0 Å². The molecule has 2 aromatic heterocycles. The van der Waals surface area contributed by atoms with Crippen molar-refractivity contribution in [3.05, 3.63) is 355 Å². The predicted molar refractivity (Wildman–Crippen MR) is 514 cm³/mol. The Balaban J connectivity index is 0.925. The molecule has 2 aliphatic rings. The summed E-state index contributed by atoms with van der Waals surface area (Å²) in [5, 5.41) is 14.9. The van der Waals surface area contributed by atoms with E-state index in [1.807, 2.05) is 0 Å². The Hall–Kier alpha value is -13.0. The largest absolute Gasteiger partial charge is 0.310 e. The van der Waals surface area contributed by atoms with Crippen LogP contribution in [0.25, 0.3) is 143 Å². The van der Waals surface area contributed by atoms with Gasteiger partial charge in [-0.15, -0.1) is 0 Å². The summed E-state index contributed by atoms with van der Waals surface area (Å²) in [6.45, 7) is 35.1. The molecule has 0 amide bonds. The molecule has 17 aromatic carbocycles. The third kappa shape index (κ3) is 12.0. The second kappa shape index (κ2) is 26.8. The van der Waals surface area contributed by atoms with Gasteiger partial charge in [0.2, 0.25) is 0 Å². The molecule has 5 heteroatoms. The zero-order valence-corrected chi connectivity index (χ0v) is 71.0. The molecule has 4 heterocycles. The van der Waals surface area contributed by atoms with Gasteiger partial charge in [0.15, 0.2) is 0 Å². The van der Waals surface area contributed by atoms with Crippen LogP contribution in [0.2, 0.25) is 0 Å². The molecule has 0 aliphatic carbocycles. The van der Waals surface area contributed by atoms with E-state index in [1.165, 1.54) is 131 Å². The molecule has 0 N–H and O–H groups in total. The van der Waals surface area contributed by atoms with Gasteiger partial charge in [0.05, 0.1) is 33.4 Å². The lowest BCUT2D eigenvalue weighted by Gasteiger charge is -2.46. The molecule has 2 aliphatic heterocycles. The van der Waals surface area contributed by atoms with Gasteiger partial charge in [-0.25, -0.2) is 0 Å². The van der Waals surface area contributed by atoms with E-state index in [0.29, 0.717) is 0 Å². The molecule has 0 atom stereocenters. The Labute approximate surface area is 700 Å². The van der Waals surface area contributed by atoms with Gasteiger partial charge in [0.25, 0.3) is 6.71 Å². The van der Waals surface area contributed by atoms with Crippen LogP contribution in [-0.2, 0) is 27.1 Å². The maximum absolute atomic E-state index is 2.76.